The van der Waals surface area contributed by atoms with Gasteiger partial charge in [0.25, 0.3) is 0 Å². The molecule has 0 aliphatic carbocycles. The second kappa shape index (κ2) is 4.58. The Hall–Kier alpha value is -0.610. The summed E-state index contributed by atoms with van der Waals surface area (Å²) in [5.41, 5.74) is 0. The fourth-order valence-corrected chi connectivity index (χ4v) is 1.22. The van der Waals surface area contributed by atoms with Gasteiger partial charge in [0, 0.05) is 6.42 Å². The van der Waals surface area contributed by atoms with E-state index in [-0.39, 0.29) is 30.7 Å². The van der Waals surface area contributed by atoms with Crippen LogP contribution in [-0.4, -0.2) is 36.5 Å². The lowest BCUT2D eigenvalue weighted by Crippen LogP contribution is -2.31. The van der Waals surface area contributed by atoms with Crippen LogP contribution in [0.5, 0.6) is 0 Å². The van der Waals surface area contributed by atoms with Gasteiger partial charge in [0.15, 0.2) is 0 Å². The number of carbonyl (C=O) groups is 1. The Morgan fingerprint density at radius 3 is 2.92 bits per heavy atom. The summed E-state index contributed by atoms with van der Waals surface area (Å²) in [6.45, 7) is 4.04. The molecule has 1 aliphatic rings. The van der Waals surface area contributed by atoms with Crippen LogP contribution in [-0.2, 0) is 14.3 Å². The van der Waals surface area contributed by atoms with E-state index >= 15 is 0 Å². The van der Waals surface area contributed by atoms with E-state index in [4.69, 9.17) is 14.6 Å². The molecule has 1 fully saturated rings. The van der Waals surface area contributed by atoms with Gasteiger partial charge in [0.1, 0.15) is 12.2 Å². The van der Waals surface area contributed by atoms with Gasteiger partial charge in [-0.2, -0.15) is 0 Å². The Balaban J connectivity index is 2.39. The van der Waals surface area contributed by atoms with Crippen molar-refractivity contribution >= 4 is 5.97 Å². The van der Waals surface area contributed by atoms with Crippen molar-refractivity contribution in [2.75, 3.05) is 13.2 Å². The molecule has 2 unspecified atom stereocenters. The maximum atomic E-state index is 11.2. The zero-order chi connectivity index (χ0) is 9.84. The van der Waals surface area contributed by atoms with Gasteiger partial charge in [-0.15, -0.1) is 0 Å². The topological polar surface area (TPSA) is 55.8 Å². The van der Waals surface area contributed by atoms with E-state index in [9.17, 15) is 4.79 Å². The summed E-state index contributed by atoms with van der Waals surface area (Å²) in [7, 11) is 0. The molecule has 2 atom stereocenters. The number of hydrogen-bond acceptors (Lipinski definition) is 4. The number of carbonyl (C=O) groups excluding carboxylic acids is 1. The highest BCUT2D eigenvalue weighted by Gasteiger charge is 2.31. The average molecular weight is 188 g/mol. The number of esters is 1. The second-order valence-corrected chi connectivity index (χ2v) is 3.51. The predicted octanol–water partition coefficient (Wildman–Crippen LogP) is 0.335. The minimum absolute atomic E-state index is 0.0873. The molecule has 0 bridgehead atoms. The highest BCUT2D eigenvalue weighted by molar-refractivity contribution is 5.71. The molecule has 0 aromatic rings. The monoisotopic (exact) mass is 188 g/mol. The van der Waals surface area contributed by atoms with Crippen molar-refractivity contribution in [3.8, 4) is 0 Å². The maximum absolute atomic E-state index is 11.2. The van der Waals surface area contributed by atoms with Crippen LogP contribution >= 0.6 is 0 Å². The molecule has 1 N–H and O–H groups in total. The molecule has 13 heavy (non-hydrogen) atoms. The SMILES string of the molecule is CC(C)C(=O)OC1CCOC1CO. The molecule has 0 radical (unpaired) electrons. The standard InChI is InChI=1S/C9H16O4/c1-6(2)9(11)13-7-3-4-12-8(7)5-10/h6-8,10H,3-5H2,1-2H3. The highest BCUT2D eigenvalue weighted by Crippen LogP contribution is 2.17. The second-order valence-electron chi connectivity index (χ2n) is 3.51. The Labute approximate surface area is 77.8 Å². The fourth-order valence-electron chi connectivity index (χ4n) is 1.22. The summed E-state index contributed by atoms with van der Waals surface area (Å²) < 4.78 is 10.3. The fraction of sp³-hybridized carbons (Fsp3) is 0.889. The lowest BCUT2D eigenvalue weighted by atomic mass is 10.2. The number of aliphatic hydroxyl groups excluding tert-OH is 1. The molecule has 1 saturated heterocycles. The van der Waals surface area contributed by atoms with Crippen LogP contribution in [0.1, 0.15) is 20.3 Å². The molecule has 76 valence electrons. The molecular formula is C9H16O4. The number of ether oxygens (including phenoxy) is 2. The number of aliphatic hydroxyl groups is 1. The third-order valence-electron chi connectivity index (χ3n) is 2.07. The average Bonchev–Trinajstić information content (AvgIpc) is 2.51. The summed E-state index contributed by atoms with van der Waals surface area (Å²) in [6.07, 6.45) is 0.0894. The molecule has 0 amide bonds. The lowest BCUT2D eigenvalue weighted by Gasteiger charge is -2.17. The third kappa shape index (κ3) is 2.67. The minimum atomic E-state index is -0.331. The van der Waals surface area contributed by atoms with Gasteiger partial charge in [-0.25, -0.2) is 0 Å². The van der Waals surface area contributed by atoms with Gasteiger partial charge in [0.05, 0.1) is 19.1 Å². The first-order valence-corrected chi connectivity index (χ1v) is 4.58. The van der Waals surface area contributed by atoms with Crippen LogP contribution in [0, 0.1) is 5.92 Å². The van der Waals surface area contributed by atoms with Gasteiger partial charge in [0.2, 0.25) is 0 Å². The minimum Gasteiger partial charge on any atom is -0.459 e. The largest absolute Gasteiger partial charge is 0.459 e. The molecule has 4 nitrogen and oxygen atoms in total. The predicted molar refractivity (Wildman–Crippen MR) is 46.2 cm³/mol. The normalized spacial score (nSPS) is 28.0. The van der Waals surface area contributed by atoms with Crippen LogP contribution in [0.15, 0.2) is 0 Å². The molecule has 1 heterocycles. The van der Waals surface area contributed by atoms with E-state index in [0.717, 1.165) is 0 Å². The Morgan fingerprint density at radius 1 is 1.69 bits per heavy atom. The Bertz CT molecular complexity index is 178. The first-order chi connectivity index (χ1) is 6.15. The zero-order valence-corrected chi connectivity index (χ0v) is 8.03. The summed E-state index contributed by atoms with van der Waals surface area (Å²) in [5, 5.41) is 8.87. The number of rotatable bonds is 3. The molecule has 0 saturated carbocycles. The van der Waals surface area contributed by atoms with Crippen molar-refractivity contribution in [2.45, 2.75) is 32.5 Å². The molecule has 4 heteroatoms. The van der Waals surface area contributed by atoms with Crippen LogP contribution in [0.3, 0.4) is 0 Å². The summed E-state index contributed by atoms with van der Waals surface area (Å²) in [6, 6.07) is 0. The molecule has 0 aromatic heterocycles. The molecular weight excluding hydrogens is 172 g/mol. The van der Waals surface area contributed by atoms with Crippen LogP contribution in [0.2, 0.25) is 0 Å². The van der Waals surface area contributed by atoms with E-state index in [1.165, 1.54) is 0 Å². The van der Waals surface area contributed by atoms with Crippen LogP contribution in [0.4, 0.5) is 0 Å². The third-order valence-corrected chi connectivity index (χ3v) is 2.07. The molecule has 1 aliphatic heterocycles. The van der Waals surface area contributed by atoms with Gasteiger partial charge >= 0.3 is 5.97 Å². The first-order valence-electron chi connectivity index (χ1n) is 4.58. The van der Waals surface area contributed by atoms with Crippen molar-refractivity contribution in [1.29, 1.82) is 0 Å². The summed E-state index contributed by atoms with van der Waals surface area (Å²) in [4.78, 5) is 11.2. The van der Waals surface area contributed by atoms with E-state index in [1.807, 2.05) is 0 Å². The van der Waals surface area contributed by atoms with Gasteiger partial charge < -0.3 is 14.6 Å². The van der Waals surface area contributed by atoms with Gasteiger partial charge in [-0.3, -0.25) is 4.79 Å². The lowest BCUT2D eigenvalue weighted by molar-refractivity contribution is -0.156. The maximum Gasteiger partial charge on any atom is 0.308 e. The Morgan fingerprint density at radius 2 is 2.38 bits per heavy atom. The Kier molecular flexibility index (Phi) is 3.69. The molecule has 0 spiro atoms. The van der Waals surface area contributed by atoms with Crippen LogP contribution < -0.4 is 0 Å². The zero-order valence-electron chi connectivity index (χ0n) is 8.03. The summed E-state index contributed by atoms with van der Waals surface area (Å²) in [5.74, 6) is -0.353. The van der Waals surface area contributed by atoms with E-state index < -0.39 is 0 Å². The van der Waals surface area contributed by atoms with Crippen LogP contribution in [0.25, 0.3) is 0 Å². The van der Waals surface area contributed by atoms with Crippen molar-refractivity contribution in [3.05, 3.63) is 0 Å². The van der Waals surface area contributed by atoms with Gasteiger partial charge in [-0.05, 0) is 0 Å². The summed E-state index contributed by atoms with van der Waals surface area (Å²) >= 11 is 0. The molecule has 0 aromatic carbocycles. The van der Waals surface area contributed by atoms with Gasteiger partial charge in [-0.1, -0.05) is 13.8 Å². The van der Waals surface area contributed by atoms with E-state index in [2.05, 4.69) is 0 Å². The molecule has 1 rings (SSSR count). The van der Waals surface area contributed by atoms with Crippen molar-refractivity contribution < 1.29 is 19.4 Å². The quantitative estimate of drug-likeness (QED) is 0.649. The van der Waals surface area contributed by atoms with E-state index in [0.29, 0.717) is 13.0 Å². The van der Waals surface area contributed by atoms with E-state index in [1.54, 1.807) is 13.8 Å². The smallest absolute Gasteiger partial charge is 0.308 e. The first kappa shape index (κ1) is 10.5. The van der Waals surface area contributed by atoms with Crippen molar-refractivity contribution in [3.63, 3.8) is 0 Å². The van der Waals surface area contributed by atoms with Crippen molar-refractivity contribution in [1.82, 2.24) is 0 Å². The highest BCUT2D eigenvalue weighted by atomic mass is 16.6. The van der Waals surface area contributed by atoms with Crippen molar-refractivity contribution in [2.24, 2.45) is 5.92 Å². The number of hydrogen-bond donors (Lipinski definition) is 1.